The fourth-order valence-electron chi connectivity index (χ4n) is 2.56. The highest BCUT2D eigenvalue weighted by molar-refractivity contribution is 6.40. The van der Waals surface area contributed by atoms with Crippen molar-refractivity contribution in [2.45, 2.75) is 13.5 Å². The van der Waals surface area contributed by atoms with Gasteiger partial charge in [-0.2, -0.15) is 4.98 Å². The molecule has 142 valence electrons. The largest absolute Gasteiger partial charge is 0.365 e. The lowest BCUT2D eigenvalue weighted by molar-refractivity contribution is 1.10. The third kappa shape index (κ3) is 5.12. The van der Waals surface area contributed by atoms with Crippen LogP contribution in [-0.2, 0) is 6.54 Å². The molecule has 28 heavy (non-hydrogen) atoms. The van der Waals surface area contributed by atoms with Crippen LogP contribution in [0.15, 0.2) is 89.1 Å². The molecule has 0 amide bonds. The Kier molecular flexibility index (Phi) is 6.69. The fourth-order valence-corrected chi connectivity index (χ4v) is 2.73. The SMILES string of the molecule is C=C/C(=C\C(Cl)=C(/C)Cl)Nc1nc(NCc2ccccc2)c2ccccc2n1. The molecule has 0 radical (unpaired) electrons. The summed E-state index contributed by atoms with van der Waals surface area (Å²) in [4.78, 5) is 9.23. The predicted octanol–water partition coefficient (Wildman–Crippen LogP) is 6.43. The quantitative estimate of drug-likeness (QED) is 0.440. The van der Waals surface area contributed by atoms with Crippen LogP contribution in [-0.4, -0.2) is 9.97 Å². The number of para-hydroxylation sites is 1. The van der Waals surface area contributed by atoms with Crippen LogP contribution in [0.5, 0.6) is 0 Å². The molecule has 0 saturated heterocycles. The molecule has 0 saturated carbocycles. The monoisotopic (exact) mass is 410 g/mol. The average molecular weight is 411 g/mol. The molecule has 6 heteroatoms. The molecular weight excluding hydrogens is 391 g/mol. The number of anilines is 2. The maximum absolute atomic E-state index is 6.13. The topological polar surface area (TPSA) is 49.8 Å². The van der Waals surface area contributed by atoms with Gasteiger partial charge in [-0.1, -0.05) is 72.2 Å². The molecule has 0 fully saturated rings. The first-order valence-corrected chi connectivity index (χ1v) is 9.50. The van der Waals surface area contributed by atoms with E-state index < -0.39 is 0 Å². The molecule has 2 N–H and O–H groups in total. The van der Waals surface area contributed by atoms with Gasteiger partial charge in [0.05, 0.1) is 10.5 Å². The van der Waals surface area contributed by atoms with Crippen molar-refractivity contribution in [3.05, 3.63) is 94.7 Å². The number of nitrogens with one attached hydrogen (secondary N) is 2. The zero-order valence-electron chi connectivity index (χ0n) is 15.4. The summed E-state index contributed by atoms with van der Waals surface area (Å²) in [5.74, 6) is 1.19. The maximum atomic E-state index is 6.13. The van der Waals surface area contributed by atoms with E-state index in [1.165, 1.54) is 5.56 Å². The first-order chi connectivity index (χ1) is 13.6. The fraction of sp³-hybridized carbons (Fsp3) is 0.0909. The molecule has 2 aromatic carbocycles. The number of halogens is 2. The summed E-state index contributed by atoms with van der Waals surface area (Å²) >= 11 is 12.1. The van der Waals surface area contributed by atoms with Crippen LogP contribution in [0.2, 0.25) is 0 Å². The van der Waals surface area contributed by atoms with Crippen LogP contribution in [0.1, 0.15) is 12.5 Å². The zero-order valence-corrected chi connectivity index (χ0v) is 16.9. The minimum absolute atomic E-state index is 0.423. The Hall–Kier alpha value is -2.82. The van der Waals surface area contributed by atoms with Crippen LogP contribution in [0.25, 0.3) is 10.9 Å². The molecule has 0 unspecified atom stereocenters. The van der Waals surface area contributed by atoms with Crippen molar-refractivity contribution >= 4 is 45.9 Å². The van der Waals surface area contributed by atoms with Crippen molar-refractivity contribution in [2.24, 2.45) is 0 Å². The lowest BCUT2D eigenvalue weighted by Crippen LogP contribution is -2.07. The summed E-state index contributed by atoms with van der Waals surface area (Å²) < 4.78 is 0. The summed E-state index contributed by atoms with van der Waals surface area (Å²) in [6, 6.07) is 18.0. The standard InChI is InChI=1S/C22H20Cl2N4/c1-3-17(13-19(24)15(2)23)26-22-27-20-12-8-7-11-18(20)21(28-22)25-14-16-9-5-4-6-10-16/h3-13H,1,14H2,2H3,(H2,25,26,27,28)/b17-13+,19-15-. The van der Waals surface area contributed by atoms with Gasteiger partial charge in [0.25, 0.3) is 0 Å². The molecule has 4 nitrogen and oxygen atoms in total. The second-order valence-corrected chi connectivity index (χ2v) is 7.04. The Bertz CT molecular complexity index is 1040. The van der Waals surface area contributed by atoms with Crippen LogP contribution in [0.4, 0.5) is 11.8 Å². The number of aromatic nitrogens is 2. The van der Waals surface area contributed by atoms with E-state index in [4.69, 9.17) is 23.2 Å². The highest BCUT2D eigenvalue weighted by Gasteiger charge is 2.08. The van der Waals surface area contributed by atoms with Crippen molar-refractivity contribution in [3.8, 4) is 0 Å². The van der Waals surface area contributed by atoms with Crippen molar-refractivity contribution in [3.63, 3.8) is 0 Å². The first kappa shape index (κ1) is 19.9. The number of rotatable bonds is 7. The number of fused-ring (bicyclic) bond motifs is 1. The Balaban J connectivity index is 1.93. The molecule has 0 aliphatic carbocycles. The van der Waals surface area contributed by atoms with E-state index in [0.717, 1.165) is 16.7 Å². The third-order valence-corrected chi connectivity index (χ3v) is 4.69. The first-order valence-electron chi connectivity index (χ1n) is 8.74. The van der Waals surface area contributed by atoms with Crippen molar-refractivity contribution in [1.29, 1.82) is 0 Å². The van der Waals surface area contributed by atoms with E-state index in [1.807, 2.05) is 42.5 Å². The highest BCUT2D eigenvalue weighted by Crippen LogP contribution is 2.24. The van der Waals surface area contributed by atoms with Gasteiger partial charge in [0.2, 0.25) is 5.95 Å². The van der Waals surface area contributed by atoms with Gasteiger partial charge in [0.15, 0.2) is 0 Å². The smallest absolute Gasteiger partial charge is 0.229 e. The molecule has 0 spiro atoms. The minimum atomic E-state index is 0.423. The van der Waals surface area contributed by atoms with Gasteiger partial charge in [-0.15, -0.1) is 0 Å². The molecule has 0 bridgehead atoms. The van der Waals surface area contributed by atoms with Gasteiger partial charge in [-0.25, -0.2) is 4.98 Å². The van der Waals surface area contributed by atoms with E-state index >= 15 is 0 Å². The Morgan fingerprint density at radius 1 is 1.04 bits per heavy atom. The van der Waals surface area contributed by atoms with Gasteiger partial charge in [0.1, 0.15) is 5.82 Å². The highest BCUT2D eigenvalue weighted by atomic mass is 35.5. The summed E-state index contributed by atoms with van der Waals surface area (Å²) in [6.45, 7) is 6.18. The Morgan fingerprint density at radius 2 is 1.75 bits per heavy atom. The van der Waals surface area contributed by atoms with Crippen LogP contribution in [0.3, 0.4) is 0 Å². The van der Waals surface area contributed by atoms with Crippen LogP contribution >= 0.6 is 23.2 Å². The van der Waals surface area contributed by atoms with E-state index in [0.29, 0.717) is 28.3 Å². The van der Waals surface area contributed by atoms with Crippen molar-refractivity contribution in [2.75, 3.05) is 10.6 Å². The van der Waals surface area contributed by atoms with Gasteiger partial charge in [-0.3, -0.25) is 0 Å². The molecular formula is C22H20Cl2N4. The zero-order chi connectivity index (χ0) is 19.9. The lowest BCUT2D eigenvalue weighted by Gasteiger charge is -2.12. The van der Waals surface area contributed by atoms with E-state index in [9.17, 15) is 0 Å². The van der Waals surface area contributed by atoms with Crippen molar-refractivity contribution < 1.29 is 0 Å². The summed E-state index contributed by atoms with van der Waals surface area (Å²) in [6.07, 6.45) is 3.32. The summed E-state index contributed by atoms with van der Waals surface area (Å²) in [5.41, 5.74) is 2.64. The summed E-state index contributed by atoms with van der Waals surface area (Å²) in [5, 5.41) is 8.41. The molecule has 0 aliphatic heterocycles. The van der Waals surface area contributed by atoms with Crippen LogP contribution < -0.4 is 10.6 Å². The molecule has 3 rings (SSSR count). The summed E-state index contributed by atoms with van der Waals surface area (Å²) in [7, 11) is 0. The predicted molar refractivity (Wildman–Crippen MR) is 120 cm³/mol. The number of hydrogen-bond acceptors (Lipinski definition) is 4. The number of allylic oxidation sites excluding steroid dienone is 4. The maximum Gasteiger partial charge on any atom is 0.229 e. The molecule has 0 atom stereocenters. The average Bonchev–Trinajstić information content (AvgIpc) is 2.72. The minimum Gasteiger partial charge on any atom is -0.365 e. The van der Waals surface area contributed by atoms with Gasteiger partial charge in [-0.05, 0) is 36.8 Å². The number of hydrogen-bond donors (Lipinski definition) is 2. The van der Waals surface area contributed by atoms with E-state index in [1.54, 1.807) is 19.1 Å². The van der Waals surface area contributed by atoms with Crippen LogP contribution in [0, 0.1) is 0 Å². The number of benzene rings is 2. The number of nitrogens with zero attached hydrogens (tertiary/aromatic N) is 2. The van der Waals surface area contributed by atoms with Gasteiger partial charge < -0.3 is 10.6 Å². The molecule has 1 aromatic heterocycles. The normalized spacial score (nSPS) is 12.5. The Labute approximate surface area is 174 Å². The van der Waals surface area contributed by atoms with E-state index in [-0.39, 0.29) is 0 Å². The van der Waals surface area contributed by atoms with E-state index in [2.05, 4.69) is 39.3 Å². The third-order valence-electron chi connectivity index (χ3n) is 3.99. The Morgan fingerprint density at radius 3 is 2.46 bits per heavy atom. The molecule has 1 heterocycles. The van der Waals surface area contributed by atoms with Crippen molar-refractivity contribution in [1.82, 2.24) is 9.97 Å². The lowest BCUT2D eigenvalue weighted by atomic mass is 10.2. The molecule has 0 aliphatic rings. The molecule has 3 aromatic rings. The van der Waals surface area contributed by atoms with Gasteiger partial charge in [0, 0.05) is 22.7 Å². The second kappa shape index (κ2) is 9.40. The second-order valence-electron chi connectivity index (χ2n) is 6.06. The van der Waals surface area contributed by atoms with Gasteiger partial charge >= 0.3 is 0 Å².